The maximum absolute atomic E-state index is 11.8. The minimum atomic E-state index is -0.0807. The molecule has 0 aromatic carbocycles. The molecule has 2 heterocycles. The number of ether oxygens (including phenoxy) is 2. The van der Waals surface area contributed by atoms with Gasteiger partial charge in [0.25, 0.3) is 0 Å². The van der Waals surface area contributed by atoms with E-state index < -0.39 is 0 Å². The predicted molar refractivity (Wildman–Crippen MR) is 76.8 cm³/mol. The lowest BCUT2D eigenvalue weighted by molar-refractivity contribution is -0.0852. The van der Waals surface area contributed by atoms with Crippen molar-refractivity contribution in [1.29, 1.82) is 0 Å². The van der Waals surface area contributed by atoms with Crippen molar-refractivity contribution in [2.75, 3.05) is 46.0 Å². The molecule has 2 N–H and O–H groups in total. The maximum Gasteiger partial charge on any atom is 0.315 e. The molecule has 2 fully saturated rings. The van der Waals surface area contributed by atoms with E-state index >= 15 is 0 Å². The smallest absolute Gasteiger partial charge is 0.315 e. The summed E-state index contributed by atoms with van der Waals surface area (Å²) in [5, 5.41) is 5.93. The fourth-order valence-electron chi connectivity index (χ4n) is 2.71. The second kappa shape index (κ2) is 7.24. The van der Waals surface area contributed by atoms with Crippen LogP contribution in [0.25, 0.3) is 0 Å². The Balaban J connectivity index is 1.59. The molecular formula is C14H27N3O3. The molecular weight excluding hydrogens is 258 g/mol. The van der Waals surface area contributed by atoms with Crippen molar-refractivity contribution in [2.45, 2.75) is 38.3 Å². The molecule has 20 heavy (non-hydrogen) atoms. The van der Waals surface area contributed by atoms with Gasteiger partial charge in [0.2, 0.25) is 0 Å². The van der Waals surface area contributed by atoms with Crippen molar-refractivity contribution < 1.29 is 14.3 Å². The van der Waals surface area contributed by atoms with Gasteiger partial charge in [-0.1, -0.05) is 0 Å². The van der Waals surface area contributed by atoms with E-state index in [1.54, 1.807) is 0 Å². The zero-order valence-corrected chi connectivity index (χ0v) is 12.6. The Morgan fingerprint density at radius 1 is 1.30 bits per heavy atom. The molecule has 0 atom stereocenters. The van der Waals surface area contributed by atoms with Gasteiger partial charge in [-0.15, -0.1) is 0 Å². The Bertz CT molecular complexity index is 317. The summed E-state index contributed by atoms with van der Waals surface area (Å²) < 4.78 is 10.9. The maximum atomic E-state index is 11.8. The number of nitrogens with one attached hydrogen (secondary N) is 2. The van der Waals surface area contributed by atoms with Crippen LogP contribution in [0, 0.1) is 0 Å². The Labute approximate surface area is 121 Å². The molecule has 2 amide bonds. The van der Waals surface area contributed by atoms with Gasteiger partial charge in [-0.3, -0.25) is 4.90 Å². The minimum Gasteiger partial charge on any atom is -0.381 e. The number of hydrogen-bond donors (Lipinski definition) is 2. The van der Waals surface area contributed by atoms with E-state index in [-0.39, 0.29) is 17.7 Å². The lowest BCUT2D eigenvalue weighted by Crippen LogP contribution is -2.51. The third-order valence-corrected chi connectivity index (χ3v) is 3.77. The van der Waals surface area contributed by atoms with Crippen LogP contribution in [-0.4, -0.2) is 68.6 Å². The Hall–Kier alpha value is -0.850. The topological polar surface area (TPSA) is 62.8 Å². The van der Waals surface area contributed by atoms with Crippen LogP contribution in [0.4, 0.5) is 4.79 Å². The van der Waals surface area contributed by atoms with Gasteiger partial charge in [-0.2, -0.15) is 0 Å². The summed E-state index contributed by atoms with van der Waals surface area (Å²) in [7, 11) is 0. The van der Waals surface area contributed by atoms with Crippen molar-refractivity contribution in [3.63, 3.8) is 0 Å². The number of amides is 2. The number of carbonyl (C=O) groups is 1. The molecule has 0 radical (unpaired) electrons. The third-order valence-electron chi connectivity index (χ3n) is 3.77. The van der Waals surface area contributed by atoms with Gasteiger partial charge in [-0.05, 0) is 26.7 Å². The largest absolute Gasteiger partial charge is 0.381 e. The summed E-state index contributed by atoms with van der Waals surface area (Å²) in [6.45, 7) is 9.85. The quantitative estimate of drug-likeness (QED) is 0.793. The summed E-state index contributed by atoms with van der Waals surface area (Å²) in [4.78, 5) is 14.1. The van der Waals surface area contributed by atoms with Crippen LogP contribution >= 0.6 is 0 Å². The molecule has 0 unspecified atom stereocenters. The second-order valence-electron chi connectivity index (χ2n) is 6.17. The zero-order chi connectivity index (χ0) is 14.4. The highest BCUT2D eigenvalue weighted by Gasteiger charge is 2.26. The van der Waals surface area contributed by atoms with Crippen LogP contribution < -0.4 is 10.6 Å². The van der Waals surface area contributed by atoms with Crippen molar-refractivity contribution in [3.8, 4) is 0 Å². The van der Waals surface area contributed by atoms with Gasteiger partial charge in [0.15, 0.2) is 0 Å². The average molecular weight is 285 g/mol. The van der Waals surface area contributed by atoms with Gasteiger partial charge in [0.1, 0.15) is 0 Å². The summed E-state index contributed by atoms with van der Waals surface area (Å²) in [6, 6.07) is 0.190. The first kappa shape index (κ1) is 15.5. The number of carbonyl (C=O) groups excluding carboxylic acids is 1. The Morgan fingerprint density at radius 3 is 2.75 bits per heavy atom. The normalized spacial score (nSPS) is 24.3. The molecule has 0 aromatic rings. The molecule has 0 saturated carbocycles. The fourth-order valence-corrected chi connectivity index (χ4v) is 2.71. The summed E-state index contributed by atoms with van der Waals surface area (Å²) in [5.41, 5.74) is -0.0807. The van der Waals surface area contributed by atoms with Crippen molar-refractivity contribution >= 4 is 6.03 Å². The van der Waals surface area contributed by atoms with Gasteiger partial charge in [0, 0.05) is 45.4 Å². The van der Waals surface area contributed by atoms with Crippen LogP contribution in [0.15, 0.2) is 0 Å². The molecule has 6 nitrogen and oxygen atoms in total. The number of morpholine rings is 1. The highest BCUT2D eigenvalue weighted by molar-refractivity contribution is 5.74. The van der Waals surface area contributed by atoms with Gasteiger partial charge in [-0.25, -0.2) is 4.79 Å². The lowest BCUT2D eigenvalue weighted by Gasteiger charge is -2.38. The average Bonchev–Trinajstić information content (AvgIpc) is 2.38. The summed E-state index contributed by atoms with van der Waals surface area (Å²) in [5.74, 6) is 0. The summed E-state index contributed by atoms with van der Waals surface area (Å²) in [6.07, 6.45) is 1.82. The van der Waals surface area contributed by atoms with E-state index in [1.165, 1.54) is 0 Å². The molecule has 2 aliphatic rings. The molecule has 0 bridgehead atoms. The first-order valence-electron chi connectivity index (χ1n) is 7.54. The first-order chi connectivity index (χ1) is 9.55. The molecule has 0 aromatic heterocycles. The molecule has 6 heteroatoms. The standard InChI is InChI=1S/C14H27N3O3/c1-14(2)11-17(7-10-20-14)6-5-15-13(18)16-12-3-8-19-9-4-12/h12H,3-11H2,1-2H3,(H2,15,16,18). The van der Waals surface area contributed by atoms with E-state index in [0.29, 0.717) is 6.54 Å². The molecule has 2 saturated heterocycles. The van der Waals surface area contributed by atoms with Crippen LogP contribution in [0.3, 0.4) is 0 Å². The molecule has 0 spiro atoms. The van der Waals surface area contributed by atoms with Gasteiger partial charge < -0.3 is 20.1 Å². The Kier molecular flexibility index (Phi) is 5.63. The molecule has 116 valence electrons. The predicted octanol–water partition coefficient (Wildman–Crippen LogP) is 0.575. The van der Waals surface area contributed by atoms with Crippen LogP contribution in [0.1, 0.15) is 26.7 Å². The summed E-state index contributed by atoms with van der Waals surface area (Å²) >= 11 is 0. The highest BCUT2D eigenvalue weighted by atomic mass is 16.5. The number of nitrogens with zero attached hydrogens (tertiary/aromatic N) is 1. The zero-order valence-electron chi connectivity index (χ0n) is 12.6. The monoisotopic (exact) mass is 285 g/mol. The van der Waals surface area contributed by atoms with E-state index in [9.17, 15) is 4.79 Å². The van der Waals surface area contributed by atoms with Crippen LogP contribution in [-0.2, 0) is 9.47 Å². The van der Waals surface area contributed by atoms with Gasteiger partial charge in [0.05, 0.1) is 12.2 Å². The molecule has 0 aliphatic carbocycles. The van der Waals surface area contributed by atoms with Crippen molar-refractivity contribution in [3.05, 3.63) is 0 Å². The molecule has 2 rings (SSSR count). The van der Waals surface area contributed by atoms with E-state index in [2.05, 4.69) is 29.4 Å². The number of urea groups is 1. The van der Waals surface area contributed by atoms with Crippen LogP contribution in [0.2, 0.25) is 0 Å². The van der Waals surface area contributed by atoms with Gasteiger partial charge >= 0.3 is 6.03 Å². The first-order valence-corrected chi connectivity index (χ1v) is 7.54. The van der Waals surface area contributed by atoms with E-state index in [4.69, 9.17) is 9.47 Å². The Morgan fingerprint density at radius 2 is 2.05 bits per heavy atom. The minimum absolute atomic E-state index is 0.0654. The van der Waals surface area contributed by atoms with E-state index in [1.807, 2.05) is 0 Å². The number of hydrogen-bond acceptors (Lipinski definition) is 4. The lowest BCUT2D eigenvalue weighted by atomic mass is 10.1. The third kappa shape index (κ3) is 5.26. The van der Waals surface area contributed by atoms with Crippen molar-refractivity contribution in [2.24, 2.45) is 0 Å². The second-order valence-corrected chi connectivity index (χ2v) is 6.17. The number of rotatable bonds is 4. The SMILES string of the molecule is CC1(C)CN(CCNC(=O)NC2CCOCC2)CCO1. The van der Waals surface area contributed by atoms with Crippen LogP contribution in [0.5, 0.6) is 0 Å². The highest BCUT2D eigenvalue weighted by Crippen LogP contribution is 2.15. The molecule has 2 aliphatic heterocycles. The van der Waals surface area contributed by atoms with E-state index in [0.717, 1.165) is 52.3 Å². The fraction of sp³-hybridized carbons (Fsp3) is 0.929. The van der Waals surface area contributed by atoms with Crippen molar-refractivity contribution in [1.82, 2.24) is 15.5 Å².